The highest BCUT2D eigenvalue weighted by atomic mass is 16.5. The van der Waals surface area contributed by atoms with E-state index < -0.39 is 12.1 Å². The molecule has 1 heterocycles. The molecule has 0 N–H and O–H groups in total. The van der Waals surface area contributed by atoms with Crippen LogP contribution < -0.4 is 5.56 Å². The molecule has 1 aliphatic carbocycles. The summed E-state index contributed by atoms with van der Waals surface area (Å²) in [6, 6.07) is 5.13. The third kappa shape index (κ3) is 4.33. The van der Waals surface area contributed by atoms with E-state index in [1.165, 1.54) is 6.42 Å². The predicted octanol–water partition coefficient (Wildman–Crippen LogP) is 3.06. The van der Waals surface area contributed by atoms with Gasteiger partial charge in [0.15, 0.2) is 6.10 Å². The normalized spacial score (nSPS) is 15.9. The lowest BCUT2D eigenvalue weighted by molar-refractivity contribution is -0.141. The molecule has 3 rings (SSSR count). The van der Waals surface area contributed by atoms with E-state index in [0.717, 1.165) is 25.7 Å². The molecule has 29 heavy (non-hydrogen) atoms. The summed E-state index contributed by atoms with van der Waals surface area (Å²) < 4.78 is 7.07. The zero-order valence-electron chi connectivity index (χ0n) is 17.6. The van der Waals surface area contributed by atoms with Gasteiger partial charge in [-0.1, -0.05) is 19.3 Å². The number of hydrogen-bond donors (Lipinski definition) is 0. The van der Waals surface area contributed by atoms with Gasteiger partial charge in [0, 0.05) is 19.6 Å². The van der Waals surface area contributed by atoms with E-state index >= 15 is 0 Å². The summed E-state index contributed by atoms with van der Waals surface area (Å²) in [6.07, 6.45) is 4.61. The molecule has 1 aliphatic rings. The van der Waals surface area contributed by atoms with Gasteiger partial charge in [-0.3, -0.25) is 9.59 Å². The Morgan fingerprint density at radius 2 is 1.97 bits per heavy atom. The number of benzene rings is 1. The fraction of sp³-hybridized carbons (Fsp3) is 0.545. The van der Waals surface area contributed by atoms with Gasteiger partial charge in [0.05, 0.1) is 16.6 Å². The Balaban J connectivity index is 1.76. The first kappa shape index (κ1) is 21.0. The van der Waals surface area contributed by atoms with Crippen LogP contribution in [0.5, 0.6) is 0 Å². The Labute approximate surface area is 170 Å². The number of esters is 1. The van der Waals surface area contributed by atoms with Crippen LogP contribution in [0.4, 0.5) is 0 Å². The van der Waals surface area contributed by atoms with Crippen LogP contribution in [-0.2, 0) is 16.1 Å². The van der Waals surface area contributed by atoms with Gasteiger partial charge < -0.3 is 14.2 Å². The van der Waals surface area contributed by atoms with E-state index in [4.69, 9.17) is 4.74 Å². The monoisotopic (exact) mass is 399 g/mol. The van der Waals surface area contributed by atoms with Crippen LogP contribution in [0.2, 0.25) is 0 Å². The zero-order valence-corrected chi connectivity index (χ0v) is 17.6. The maximum Gasteiger partial charge on any atom is 0.338 e. The number of aryl methyl sites for hydroxylation is 2. The smallest absolute Gasteiger partial charge is 0.338 e. The summed E-state index contributed by atoms with van der Waals surface area (Å²) in [5, 5.41) is 0. The second-order valence-corrected chi connectivity index (χ2v) is 7.74. The third-order valence-electron chi connectivity index (χ3n) is 5.76. The summed E-state index contributed by atoms with van der Waals surface area (Å²) in [5.74, 6) is -0.752. The molecule has 0 bridgehead atoms. The van der Waals surface area contributed by atoms with Crippen LogP contribution in [0.3, 0.4) is 0 Å². The second-order valence-electron chi connectivity index (χ2n) is 7.74. The fourth-order valence-corrected chi connectivity index (χ4v) is 4.03. The number of fused-ring (bicyclic) bond motifs is 1. The van der Waals surface area contributed by atoms with Crippen molar-refractivity contribution >= 4 is 22.9 Å². The lowest BCUT2D eigenvalue weighted by Gasteiger charge is -2.32. The minimum Gasteiger partial charge on any atom is -0.449 e. The highest BCUT2D eigenvalue weighted by molar-refractivity contribution is 5.95. The van der Waals surface area contributed by atoms with Crippen molar-refractivity contribution in [3.8, 4) is 0 Å². The molecule has 7 nitrogen and oxygen atoms in total. The SMILES string of the molecule is CCn1c(=O)c(C)nc2cc(C(=O)O[C@H](C)C(=O)N(C)C3CCCCC3)ccc21. The third-order valence-corrected chi connectivity index (χ3v) is 5.76. The van der Waals surface area contributed by atoms with Crippen LogP contribution in [-0.4, -0.2) is 45.5 Å². The molecule has 1 fully saturated rings. The molecular weight excluding hydrogens is 370 g/mol. The average Bonchev–Trinajstić information content (AvgIpc) is 2.73. The Morgan fingerprint density at radius 3 is 2.62 bits per heavy atom. The van der Waals surface area contributed by atoms with Crippen molar-refractivity contribution in [1.82, 2.24) is 14.5 Å². The number of likely N-dealkylation sites (N-methyl/N-ethyl adjacent to an activating group) is 1. The number of aromatic nitrogens is 2. The summed E-state index contributed by atoms with van der Waals surface area (Å²) in [4.78, 5) is 43.6. The average molecular weight is 399 g/mol. The van der Waals surface area contributed by atoms with E-state index in [1.54, 1.807) is 48.6 Å². The summed E-state index contributed by atoms with van der Waals surface area (Å²) in [7, 11) is 1.79. The molecule has 0 spiro atoms. The first-order valence-electron chi connectivity index (χ1n) is 10.3. The van der Waals surface area contributed by atoms with Crippen LogP contribution in [0.15, 0.2) is 23.0 Å². The fourth-order valence-electron chi connectivity index (χ4n) is 4.03. The standard InChI is InChI=1S/C22H29N3O4/c1-5-25-19-12-11-16(13-18(19)23-14(2)20(25)26)22(28)29-15(3)21(27)24(4)17-9-7-6-8-10-17/h11-13,15,17H,5-10H2,1-4H3/t15-/m1/s1. The Kier molecular flexibility index (Phi) is 6.35. The highest BCUT2D eigenvalue weighted by Crippen LogP contribution is 2.22. The lowest BCUT2D eigenvalue weighted by atomic mass is 9.94. The summed E-state index contributed by atoms with van der Waals surface area (Å²) >= 11 is 0. The van der Waals surface area contributed by atoms with Crippen molar-refractivity contribution in [2.24, 2.45) is 0 Å². The van der Waals surface area contributed by atoms with Gasteiger partial charge in [-0.15, -0.1) is 0 Å². The number of rotatable bonds is 5. The van der Waals surface area contributed by atoms with E-state index in [1.807, 2.05) is 6.92 Å². The highest BCUT2D eigenvalue weighted by Gasteiger charge is 2.28. The van der Waals surface area contributed by atoms with Crippen LogP contribution in [0, 0.1) is 6.92 Å². The van der Waals surface area contributed by atoms with Crippen molar-refractivity contribution in [2.75, 3.05) is 7.05 Å². The molecule has 0 saturated heterocycles. The molecule has 1 amide bonds. The van der Waals surface area contributed by atoms with Gasteiger partial charge in [-0.05, 0) is 51.8 Å². The number of nitrogens with zero attached hydrogens (tertiary/aromatic N) is 3. The number of carbonyl (C=O) groups is 2. The molecule has 1 aromatic carbocycles. The largest absolute Gasteiger partial charge is 0.449 e. The van der Waals surface area contributed by atoms with Crippen molar-refractivity contribution in [3.63, 3.8) is 0 Å². The van der Waals surface area contributed by atoms with Gasteiger partial charge in [0.2, 0.25) is 0 Å². The number of carbonyl (C=O) groups excluding carboxylic acids is 2. The van der Waals surface area contributed by atoms with Gasteiger partial charge in [-0.2, -0.15) is 0 Å². The molecule has 0 aliphatic heterocycles. The Morgan fingerprint density at radius 1 is 1.28 bits per heavy atom. The number of ether oxygens (including phenoxy) is 1. The van der Waals surface area contributed by atoms with Crippen molar-refractivity contribution in [3.05, 3.63) is 39.8 Å². The first-order valence-corrected chi connectivity index (χ1v) is 10.3. The second kappa shape index (κ2) is 8.76. The van der Waals surface area contributed by atoms with Crippen molar-refractivity contribution < 1.29 is 14.3 Å². The summed E-state index contributed by atoms with van der Waals surface area (Å²) in [6.45, 7) is 5.67. The molecule has 7 heteroatoms. The molecule has 156 valence electrons. The predicted molar refractivity (Wildman–Crippen MR) is 111 cm³/mol. The number of amides is 1. The molecule has 0 unspecified atom stereocenters. The quantitative estimate of drug-likeness (QED) is 0.722. The topological polar surface area (TPSA) is 81.5 Å². The lowest BCUT2D eigenvalue weighted by Crippen LogP contribution is -2.44. The Bertz CT molecular complexity index is 976. The molecular formula is C22H29N3O4. The molecule has 1 saturated carbocycles. The maximum absolute atomic E-state index is 12.7. The van der Waals surface area contributed by atoms with Crippen molar-refractivity contribution in [1.29, 1.82) is 0 Å². The first-order chi connectivity index (χ1) is 13.8. The van der Waals surface area contributed by atoms with E-state index in [2.05, 4.69) is 4.98 Å². The zero-order chi connectivity index (χ0) is 21.1. The number of hydrogen-bond acceptors (Lipinski definition) is 5. The van der Waals surface area contributed by atoms with Crippen molar-refractivity contribution in [2.45, 2.75) is 71.6 Å². The van der Waals surface area contributed by atoms with E-state index in [0.29, 0.717) is 28.8 Å². The van der Waals surface area contributed by atoms with Gasteiger partial charge >= 0.3 is 5.97 Å². The van der Waals surface area contributed by atoms with E-state index in [9.17, 15) is 14.4 Å². The van der Waals surface area contributed by atoms with E-state index in [-0.39, 0.29) is 17.5 Å². The van der Waals surface area contributed by atoms with Gasteiger partial charge in [0.25, 0.3) is 11.5 Å². The summed E-state index contributed by atoms with van der Waals surface area (Å²) in [5.41, 5.74) is 1.77. The molecule has 1 atom stereocenters. The van der Waals surface area contributed by atoms with Crippen LogP contribution in [0.1, 0.15) is 62.0 Å². The maximum atomic E-state index is 12.7. The molecule has 2 aromatic rings. The van der Waals surface area contributed by atoms with Crippen LogP contribution >= 0.6 is 0 Å². The molecule has 0 radical (unpaired) electrons. The Hall–Kier alpha value is -2.70. The minimum absolute atomic E-state index is 0.139. The molecule has 1 aromatic heterocycles. The minimum atomic E-state index is -0.857. The van der Waals surface area contributed by atoms with Gasteiger partial charge in [0.1, 0.15) is 5.69 Å². The van der Waals surface area contributed by atoms with Gasteiger partial charge in [-0.25, -0.2) is 9.78 Å². The van der Waals surface area contributed by atoms with Crippen LogP contribution in [0.25, 0.3) is 11.0 Å².